The van der Waals surface area contributed by atoms with Gasteiger partial charge in [0.1, 0.15) is 11.3 Å². The van der Waals surface area contributed by atoms with Crippen LogP contribution in [0, 0.1) is 5.92 Å². The smallest absolute Gasteiger partial charge is 0.344 e. The van der Waals surface area contributed by atoms with Crippen LogP contribution in [0.25, 0.3) is 0 Å². The van der Waals surface area contributed by atoms with Crippen LogP contribution in [-0.4, -0.2) is 32.1 Å². The van der Waals surface area contributed by atoms with Gasteiger partial charge in [-0.15, -0.1) is 0 Å². The Labute approximate surface area is 118 Å². The number of carbonyl (C=O) groups is 2. The number of nitrogens with one attached hydrogen (secondary N) is 1. The number of nitrogen functional groups attached to an aromatic ring is 1. The van der Waals surface area contributed by atoms with Crippen molar-refractivity contribution in [3.8, 4) is 5.75 Å². The number of hydrogen-bond donors (Lipinski definition) is 2. The molecule has 0 unspecified atom stereocenters. The molecule has 1 rings (SSSR count). The highest BCUT2D eigenvalue weighted by Gasteiger charge is 2.18. The minimum absolute atomic E-state index is 0.131. The lowest BCUT2D eigenvalue weighted by Crippen LogP contribution is -2.31. The standard InChI is InChI=1S/C14H20N2O4/c1-9(2)7-16-12(17)8-20-14(18)13-10(15)5-4-6-11(13)19-3/h4-6,9H,7-8,15H2,1-3H3,(H,16,17). The molecule has 0 aliphatic rings. The van der Waals surface area contributed by atoms with Gasteiger partial charge in [0.25, 0.3) is 5.91 Å². The zero-order valence-electron chi connectivity index (χ0n) is 11.9. The van der Waals surface area contributed by atoms with E-state index in [1.807, 2.05) is 13.8 Å². The molecule has 0 atom stereocenters. The number of esters is 1. The third-order valence-electron chi connectivity index (χ3n) is 2.52. The van der Waals surface area contributed by atoms with Crippen LogP contribution in [0.5, 0.6) is 5.75 Å². The first-order valence-corrected chi connectivity index (χ1v) is 6.32. The molecule has 1 amide bonds. The number of anilines is 1. The van der Waals surface area contributed by atoms with Crippen LogP contribution in [0.15, 0.2) is 18.2 Å². The molecule has 0 aliphatic carbocycles. The summed E-state index contributed by atoms with van der Waals surface area (Å²) in [6.45, 7) is 4.14. The fourth-order valence-corrected chi connectivity index (χ4v) is 1.51. The van der Waals surface area contributed by atoms with Crippen molar-refractivity contribution in [1.29, 1.82) is 0 Å². The molecule has 0 aliphatic heterocycles. The molecule has 0 aromatic heterocycles. The summed E-state index contributed by atoms with van der Waals surface area (Å²) in [5, 5.41) is 2.65. The van der Waals surface area contributed by atoms with Crippen LogP contribution in [0.3, 0.4) is 0 Å². The van der Waals surface area contributed by atoms with Crippen LogP contribution in [0.1, 0.15) is 24.2 Å². The Kier molecular flexibility index (Phi) is 5.83. The maximum atomic E-state index is 11.9. The predicted octanol–water partition coefficient (Wildman–Crippen LogP) is 1.21. The van der Waals surface area contributed by atoms with E-state index in [9.17, 15) is 9.59 Å². The molecule has 0 radical (unpaired) electrons. The zero-order chi connectivity index (χ0) is 15.1. The average Bonchev–Trinajstić information content (AvgIpc) is 2.42. The number of methoxy groups -OCH3 is 1. The lowest BCUT2D eigenvalue weighted by Gasteiger charge is -2.11. The molecule has 0 bridgehead atoms. The summed E-state index contributed by atoms with van der Waals surface area (Å²) in [4.78, 5) is 23.4. The molecule has 3 N–H and O–H groups in total. The number of benzene rings is 1. The molecule has 0 saturated heterocycles. The highest BCUT2D eigenvalue weighted by atomic mass is 16.5. The minimum atomic E-state index is -0.681. The molecule has 1 aromatic carbocycles. The summed E-state index contributed by atoms with van der Waals surface area (Å²) >= 11 is 0. The van der Waals surface area contributed by atoms with Crippen molar-refractivity contribution in [2.45, 2.75) is 13.8 Å². The van der Waals surface area contributed by atoms with E-state index in [4.69, 9.17) is 15.2 Å². The molecule has 0 heterocycles. The summed E-state index contributed by atoms with van der Waals surface area (Å²) in [7, 11) is 1.43. The Hall–Kier alpha value is -2.24. The van der Waals surface area contributed by atoms with Gasteiger partial charge >= 0.3 is 5.97 Å². The summed E-state index contributed by atoms with van der Waals surface area (Å²) < 4.78 is 9.99. The maximum Gasteiger partial charge on any atom is 0.344 e. The Morgan fingerprint density at radius 3 is 2.65 bits per heavy atom. The van der Waals surface area contributed by atoms with Crippen LogP contribution in [-0.2, 0) is 9.53 Å². The first kappa shape index (κ1) is 15.8. The maximum absolute atomic E-state index is 11.9. The van der Waals surface area contributed by atoms with Gasteiger partial charge in [-0.2, -0.15) is 0 Å². The van der Waals surface area contributed by atoms with Crippen molar-refractivity contribution in [3.63, 3.8) is 0 Å². The van der Waals surface area contributed by atoms with Gasteiger partial charge in [-0.05, 0) is 18.1 Å². The fraction of sp³-hybridized carbons (Fsp3) is 0.429. The summed E-state index contributed by atoms with van der Waals surface area (Å²) in [6, 6.07) is 4.84. The fourth-order valence-electron chi connectivity index (χ4n) is 1.51. The van der Waals surface area contributed by atoms with E-state index in [2.05, 4.69) is 5.32 Å². The molecule has 0 saturated carbocycles. The van der Waals surface area contributed by atoms with Crippen LogP contribution in [0.4, 0.5) is 5.69 Å². The molecule has 6 nitrogen and oxygen atoms in total. The van der Waals surface area contributed by atoms with Crippen molar-refractivity contribution in [2.75, 3.05) is 26.0 Å². The predicted molar refractivity (Wildman–Crippen MR) is 75.5 cm³/mol. The van der Waals surface area contributed by atoms with Gasteiger partial charge in [0.15, 0.2) is 6.61 Å². The number of carbonyl (C=O) groups excluding carboxylic acids is 2. The van der Waals surface area contributed by atoms with Crippen LogP contribution in [0.2, 0.25) is 0 Å². The van der Waals surface area contributed by atoms with Crippen molar-refractivity contribution < 1.29 is 19.1 Å². The normalized spacial score (nSPS) is 10.2. The van der Waals surface area contributed by atoms with Crippen molar-refractivity contribution in [2.24, 2.45) is 5.92 Å². The largest absolute Gasteiger partial charge is 0.496 e. The molecule has 20 heavy (non-hydrogen) atoms. The van der Waals surface area contributed by atoms with E-state index in [1.165, 1.54) is 7.11 Å². The Morgan fingerprint density at radius 1 is 1.35 bits per heavy atom. The Morgan fingerprint density at radius 2 is 2.05 bits per heavy atom. The van der Waals surface area contributed by atoms with Crippen LogP contribution < -0.4 is 15.8 Å². The first-order chi connectivity index (χ1) is 9.45. The van der Waals surface area contributed by atoms with Gasteiger partial charge < -0.3 is 20.5 Å². The molecule has 0 spiro atoms. The summed E-state index contributed by atoms with van der Waals surface area (Å²) in [5.41, 5.74) is 6.10. The quantitative estimate of drug-likeness (QED) is 0.603. The van der Waals surface area contributed by atoms with Crippen molar-refractivity contribution >= 4 is 17.6 Å². The lowest BCUT2D eigenvalue weighted by atomic mass is 10.1. The molecule has 6 heteroatoms. The molecule has 0 fully saturated rings. The Bertz CT molecular complexity index is 486. The number of nitrogens with two attached hydrogens (primary N) is 1. The molecular weight excluding hydrogens is 260 g/mol. The van der Waals surface area contributed by atoms with E-state index in [0.717, 1.165) is 0 Å². The minimum Gasteiger partial charge on any atom is -0.496 e. The van der Waals surface area contributed by atoms with E-state index >= 15 is 0 Å². The topological polar surface area (TPSA) is 90.7 Å². The third-order valence-corrected chi connectivity index (χ3v) is 2.52. The highest BCUT2D eigenvalue weighted by molar-refractivity contribution is 5.99. The summed E-state index contributed by atoms with van der Waals surface area (Å²) in [6.07, 6.45) is 0. The van der Waals surface area contributed by atoms with Gasteiger partial charge in [0.2, 0.25) is 0 Å². The van der Waals surface area contributed by atoms with E-state index in [-0.39, 0.29) is 23.8 Å². The molecule has 110 valence electrons. The lowest BCUT2D eigenvalue weighted by molar-refractivity contribution is -0.124. The van der Waals surface area contributed by atoms with E-state index < -0.39 is 5.97 Å². The highest BCUT2D eigenvalue weighted by Crippen LogP contribution is 2.24. The second kappa shape index (κ2) is 7.37. The van der Waals surface area contributed by atoms with E-state index in [1.54, 1.807) is 18.2 Å². The van der Waals surface area contributed by atoms with E-state index in [0.29, 0.717) is 18.2 Å². The summed E-state index contributed by atoms with van der Waals surface area (Å²) in [5.74, 6) is -0.378. The van der Waals surface area contributed by atoms with Gasteiger partial charge in [-0.25, -0.2) is 4.79 Å². The zero-order valence-corrected chi connectivity index (χ0v) is 11.9. The monoisotopic (exact) mass is 280 g/mol. The van der Waals surface area contributed by atoms with Crippen molar-refractivity contribution in [3.05, 3.63) is 23.8 Å². The number of ether oxygens (including phenoxy) is 2. The second-order valence-electron chi connectivity index (χ2n) is 4.70. The van der Waals surface area contributed by atoms with Gasteiger partial charge in [0, 0.05) is 12.2 Å². The van der Waals surface area contributed by atoms with Crippen LogP contribution >= 0.6 is 0 Å². The first-order valence-electron chi connectivity index (χ1n) is 6.32. The Balaban J connectivity index is 2.62. The van der Waals surface area contributed by atoms with Gasteiger partial charge in [-0.3, -0.25) is 4.79 Å². The average molecular weight is 280 g/mol. The van der Waals surface area contributed by atoms with Gasteiger partial charge in [-0.1, -0.05) is 19.9 Å². The van der Waals surface area contributed by atoms with Gasteiger partial charge in [0.05, 0.1) is 7.11 Å². The number of amides is 1. The number of rotatable bonds is 6. The SMILES string of the molecule is COc1cccc(N)c1C(=O)OCC(=O)NCC(C)C. The second-order valence-corrected chi connectivity index (χ2v) is 4.70. The number of hydrogen-bond acceptors (Lipinski definition) is 5. The molecule has 1 aromatic rings. The molecular formula is C14H20N2O4. The van der Waals surface area contributed by atoms with Crippen molar-refractivity contribution in [1.82, 2.24) is 5.32 Å². The third kappa shape index (κ3) is 4.46.